The van der Waals surface area contributed by atoms with Crippen LogP contribution in [-0.2, 0) is 14.8 Å². The first-order chi connectivity index (χ1) is 15.8. The standard InChI is InChI=1S/C23H23F2N3O4S/c1-2-32-23(29)21-15-22(16-3-5-17(24)6-4-16)28(26-21)19-11-13-27(14-12-19)33(30,31)20-9-7-18(25)8-10-20/h3-10,15,19H,2,11-14H2,1H3. The fourth-order valence-corrected chi connectivity index (χ4v) is 5.37. The van der Waals surface area contributed by atoms with Gasteiger partial charge in [-0.1, -0.05) is 0 Å². The average molecular weight is 476 g/mol. The van der Waals surface area contributed by atoms with Gasteiger partial charge in [0.1, 0.15) is 11.6 Å². The molecule has 1 aliphatic heterocycles. The number of benzene rings is 2. The molecule has 4 rings (SSSR count). The molecular formula is C23H23F2N3O4S. The van der Waals surface area contributed by atoms with Crippen molar-refractivity contribution in [1.29, 1.82) is 0 Å². The van der Waals surface area contributed by atoms with Crippen molar-refractivity contribution in [3.8, 4) is 11.3 Å². The molecule has 3 aromatic rings. The Balaban J connectivity index is 1.58. The first-order valence-electron chi connectivity index (χ1n) is 10.6. The van der Waals surface area contributed by atoms with Gasteiger partial charge in [-0.05, 0) is 74.4 Å². The van der Waals surface area contributed by atoms with Gasteiger partial charge in [0.15, 0.2) is 5.69 Å². The van der Waals surface area contributed by atoms with E-state index in [2.05, 4.69) is 5.10 Å². The second-order valence-electron chi connectivity index (χ2n) is 7.68. The number of sulfonamides is 1. The number of ether oxygens (including phenoxy) is 1. The first kappa shape index (κ1) is 23.1. The predicted octanol–water partition coefficient (Wildman–Crippen LogP) is 4.03. The zero-order valence-electron chi connectivity index (χ0n) is 17.9. The summed E-state index contributed by atoms with van der Waals surface area (Å²) in [5.74, 6) is -1.44. The summed E-state index contributed by atoms with van der Waals surface area (Å²) in [6.07, 6.45) is 0.914. The van der Waals surface area contributed by atoms with Crippen molar-refractivity contribution in [2.75, 3.05) is 19.7 Å². The van der Waals surface area contributed by atoms with Gasteiger partial charge in [-0.25, -0.2) is 22.0 Å². The zero-order valence-corrected chi connectivity index (χ0v) is 18.8. The lowest BCUT2D eigenvalue weighted by atomic mass is 10.1. The van der Waals surface area contributed by atoms with Crippen LogP contribution in [0.25, 0.3) is 11.3 Å². The largest absolute Gasteiger partial charge is 0.461 e. The van der Waals surface area contributed by atoms with Gasteiger partial charge in [0.05, 0.1) is 23.2 Å². The molecule has 2 aromatic carbocycles. The molecule has 10 heteroatoms. The molecular weight excluding hydrogens is 452 g/mol. The van der Waals surface area contributed by atoms with Gasteiger partial charge in [0.2, 0.25) is 10.0 Å². The molecule has 0 spiro atoms. The van der Waals surface area contributed by atoms with Crippen LogP contribution in [0.15, 0.2) is 59.5 Å². The van der Waals surface area contributed by atoms with E-state index in [1.165, 1.54) is 28.6 Å². The fourth-order valence-electron chi connectivity index (χ4n) is 3.90. The number of nitrogens with zero attached hydrogens (tertiary/aromatic N) is 3. The highest BCUT2D eigenvalue weighted by atomic mass is 32.2. The van der Waals surface area contributed by atoms with E-state index in [9.17, 15) is 22.0 Å². The van der Waals surface area contributed by atoms with Crippen molar-refractivity contribution in [3.63, 3.8) is 0 Å². The number of aromatic nitrogens is 2. The van der Waals surface area contributed by atoms with Gasteiger partial charge >= 0.3 is 5.97 Å². The van der Waals surface area contributed by atoms with E-state index >= 15 is 0 Å². The Morgan fingerprint density at radius 3 is 2.18 bits per heavy atom. The van der Waals surface area contributed by atoms with Gasteiger partial charge in [-0.2, -0.15) is 9.40 Å². The predicted molar refractivity (Wildman–Crippen MR) is 117 cm³/mol. The maximum absolute atomic E-state index is 13.4. The normalized spacial score (nSPS) is 15.5. The monoisotopic (exact) mass is 475 g/mol. The lowest BCUT2D eigenvalue weighted by molar-refractivity contribution is 0.0517. The van der Waals surface area contributed by atoms with E-state index < -0.39 is 21.8 Å². The summed E-state index contributed by atoms with van der Waals surface area (Å²) in [5.41, 5.74) is 1.44. The van der Waals surface area contributed by atoms with E-state index in [0.717, 1.165) is 12.1 Å². The van der Waals surface area contributed by atoms with Gasteiger partial charge in [-0.3, -0.25) is 4.68 Å². The lowest BCUT2D eigenvalue weighted by Gasteiger charge is -2.32. The van der Waals surface area contributed by atoms with Gasteiger partial charge in [-0.15, -0.1) is 0 Å². The van der Waals surface area contributed by atoms with Crippen LogP contribution < -0.4 is 0 Å². The summed E-state index contributed by atoms with van der Waals surface area (Å²) in [4.78, 5) is 12.3. The Hall–Kier alpha value is -3.11. The SMILES string of the molecule is CCOC(=O)c1cc(-c2ccc(F)cc2)n(C2CCN(S(=O)(=O)c3ccc(F)cc3)CC2)n1. The molecule has 1 fully saturated rings. The third-order valence-corrected chi connectivity index (χ3v) is 7.49. The maximum Gasteiger partial charge on any atom is 0.358 e. The third kappa shape index (κ3) is 4.81. The van der Waals surface area contributed by atoms with E-state index in [4.69, 9.17) is 4.74 Å². The number of carbonyl (C=O) groups excluding carboxylic acids is 1. The number of carbonyl (C=O) groups is 1. The van der Waals surface area contributed by atoms with Crippen LogP contribution in [0.5, 0.6) is 0 Å². The second-order valence-corrected chi connectivity index (χ2v) is 9.61. The summed E-state index contributed by atoms with van der Waals surface area (Å²) in [5, 5.41) is 4.45. The van der Waals surface area contributed by atoms with Crippen LogP contribution in [0.1, 0.15) is 36.3 Å². The van der Waals surface area contributed by atoms with E-state index in [1.54, 1.807) is 29.8 Å². The Labute approximate surface area is 190 Å². The van der Waals surface area contributed by atoms with E-state index in [-0.39, 0.29) is 42.1 Å². The minimum atomic E-state index is -3.75. The molecule has 0 atom stereocenters. The highest BCUT2D eigenvalue weighted by Crippen LogP contribution is 2.32. The molecule has 1 saturated heterocycles. The number of rotatable bonds is 6. The molecule has 174 valence electrons. The summed E-state index contributed by atoms with van der Waals surface area (Å²) in [6, 6.07) is 12.0. The Kier molecular flexibility index (Phi) is 6.57. The van der Waals surface area contributed by atoms with Crippen LogP contribution in [0.3, 0.4) is 0 Å². The molecule has 0 saturated carbocycles. The lowest BCUT2D eigenvalue weighted by Crippen LogP contribution is -2.39. The van der Waals surface area contributed by atoms with E-state index in [1.807, 2.05) is 0 Å². The molecule has 0 bridgehead atoms. The quantitative estimate of drug-likeness (QED) is 0.503. The molecule has 0 unspecified atom stereocenters. The van der Waals surface area contributed by atoms with Crippen molar-refractivity contribution in [2.45, 2.75) is 30.7 Å². The second kappa shape index (κ2) is 9.40. The molecule has 0 amide bonds. The first-order valence-corrected chi connectivity index (χ1v) is 12.0. The molecule has 1 aliphatic rings. The molecule has 0 aliphatic carbocycles. The van der Waals surface area contributed by atoms with Crippen molar-refractivity contribution in [2.24, 2.45) is 0 Å². The molecule has 0 radical (unpaired) electrons. The molecule has 1 aromatic heterocycles. The summed E-state index contributed by atoms with van der Waals surface area (Å²) < 4.78 is 60.6. The highest BCUT2D eigenvalue weighted by Gasteiger charge is 2.32. The van der Waals surface area contributed by atoms with Crippen molar-refractivity contribution >= 4 is 16.0 Å². The van der Waals surface area contributed by atoms with Crippen LogP contribution in [-0.4, -0.2) is 48.2 Å². The summed E-state index contributed by atoms with van der Waals surface area (Å²) in [6.45, 7) is 2.38. The number of piperidine rings is 1. The molecule has 33 heavy (non-hydrogen) atoms. The van der Waals surface area contributed by atoms with E-state index in [0.29, 0.717) is 24.1 Å². The number of hydrogen-bond acceptors (Lipinski definition) is 5. The minimum absolute atomic E-state index is 0.0398. The fraction of sp³-hybridized carbons (Fsp3) is 0.304. The average Bonchev–Trinajstić information content (AvgIpc) is 3.26. The minimum Gasteiger partial charge on any atom is -0.461 e. The molecule has 7 nitrogen and oxygen atoms in total. The summed E-state index contributed by atoms with van der Waals surface area (Å²) in [7, 11) is -3.75. The van der Waals surface area contributed by atoms with Crippen LogP contribution >= 0.6 is 0 Å². The number of halogens is 2. The summed E-state index contributed by atoms with van der Waals surface area (Å²) >= 11 is 0. The van der Waals surface area contributed by atoms with Crippen molar-refractivity contribution in [3.05, 3.63) is 71.9 Å². The van der Waals surface area contributed by atoms with Gasteiger partial charge < -0.3 is 4.74 Å². The van der Waals surface area contributed by atoms with Crippen LogP contribution in [0, 0.1) is 11.6 Å². The number of hydrogen-bond donors (Lipinski definition) is 0. The van der Waals surface area contributed by atoms with Gasteiger partial charge in [0.25, 0.3) is 0 Å². The molecule has 2 heterocycles. The topological polar surface area (TPSA) is 81.5 Å². The van der Waals surface area contributed by atoms with Crippen molar-refractivity contribution in [1.82, 2.24) is 14.1 Å². The number of esters is 1. The third-order valence-electron chi connectivity index (χ3n) is 5.58. The van der Waals surface area contributed by atoms with Crippen LogP contribution in [0.2, 0.25) is 0 Å². The van der Waals surface area contributed by atoms with Crippen molar-refractivity contribution < 1.29 is 26.7 Å². The van der Waals surface area contributed by atoms with Crippen LogP contribution in [0.4, 0.5) is 8.78 Å². The Morgan fingerprint density at radius 1 is 1.03 bits per heavy atom. The highest BCUT2D eigenvalue weighted by molar-refractivity contribution is 7.89. The Bertz CT molecular complexity index is 1230. The zero-order chi connectivity index (χ0) is 23.6. The van der Waals surface area contributed by atoms with Gasteiger partial charge in [0, 0.05) is 18.7 Å². The smallest absolute Gasteiger partial charge is 0.358 e. The maximum atomic E-state index is 13.4. The molecule has 0 N–H and O–H groups in total. The Morgan fingerprint density at radius 2 is 1.61 bits per heavy atom.